The van der Waals surface area contributed by atoms with E-state index in [2.05, 4.69) is 25.3 Å². The number of carboxylic acids is 1. The fraction of sp³-hybridized carbons (Fsp3) is 0.143. The molecule has 1 atom stereocenters. The van der Waals surface area contributed by atoms with E-state index in [0.717, 1.165) is 5.56 Å². The third kappa shape index (κ3) is 3.12. The molecule has 3 aromatic rings. The number of carbonyl (C=O) groups is 1. The number of nitrogens with zero attached hydrogens (tertiary/aromatic N) is 6. The molecule has 0 amide bonds. The predicted octanol–water partition coefficient (Wildman–Crippen LogP) is 0.971. The molecule has 0 radical (unpaired) electrons. The summed E-state index contributed by atoms with van der Waals surface area (Å²) < 4.78 is 6.83. The minimum absolute atomic E-state index is 0.164. The lowest BCUT2D eigenvalue weighted by Crippen LogP contribution is -2.23. The third-order valence-corrected chi connectivity index (χ3v) is 2.98. The highest BCUT2D eigenvalue weighted by atomic mass is 16.5. The van der Waals surface area contributed by atoms with Gasteiger partial charge in [0.25, 0.3) is 0 Å². The summed E-state index contributed by atoms with van der Waals surface area (Å²) in [7, 11) is 0. The van der Waals surface area contributed by atoms with Crippen molar-refractivity contribution in [1.82, 2.24) is 29.9 Å². The van der Waals surface area contributed by atoms with Crippen molar-refractivity contribution in [1.29, 1.82) is 0 Å². The van der Waals surface area contributed by atoms with Gasteiger partial charge >= 0.3 is 5.97 Å². The molecule has 9 heteroatoms. The van der Waals surface area contributed by atoms with Gasteiger partial charge in [0.1, 0.15) is 0 Å². The molecule has 3 heterocycles. The standard InChI is InChI=1S/C14H12N6O3/c1-9(14(21)22)23-13-6-11(10-2-3-17-18-7-10)20(19-13)12-8-15-4-5-16-12/h2-9H,1H3,(H,21,22)/t9-/m1/s1. The Labute approximate surface area is 130 Å². The van der Waals surface area contributed by atoms with Crippen LogP contribution in [0, 0.1) is 0 Å². The molecule has 0 fully saturated rings. The first-order valence-corrected chi connectivity index (χ1v) is 6.68. The van der Waals surface area contributed by atoms with Gasteiger partial charge in [0, 0.05) is 24.0 Å². The molecule has 0 aliphatic heterocycles. The van der Waals surface area contributed by atoms with Gasteiger partial charge < -0.3 is 9.84 Å². The summed E-state index contributed by atoms with van der Waals surface area (Å²) in [6.07, 6.45) is 6.70. The second kappa shape index (κ2) is 6.18. The van der Waals surface area contributed by atoms with E-state index in [1.165, 1.54) is 24.0 Å². The molecule has 3 rings (SSSR count). The van der Waals surface area contributed by atoms with Crippen LogP contribution in [0.1, 0.15) is 6.92 Å². The second-order valence-electron chi connectivity index (χ2n) is 4.57. The molecule has 0 bridgehead atoms. The van der Waals surface area contributed by atoms with Gasteiger partial charge in [0.2, 0.25) is 5.88 Å². The van der Waals surface area contributed by atoms with Crippen LogP contribution in [-0.2, 0) is 4.79 Å². The largest absolute Gasteiger partial charge is 0.479 e. The predicted molar refractivity (Wildman–Crippen MR) is 77.9 cm³/mol. The monoisotopic (exact) mass is 312 g/mol. The highest BCUT2D eigenvalue weighted by Gasteiger charge is 2.18. The van der Waals surface area contributed by atoms with E-state index >= 15 is 0 Å². The first-order valence-electron chi connectivity index (χ1n) is 6.68. The molecule has 1 N–H and O–H groups in total. The summed E-state index contributed by atoms with van der Waals surface area (Å²) >= 11 is 0. The fourth-order valence-corrected chi connectivity index (χ4v) is 1.87. The lowest BCUT2D eigenvalue weighted by atomic mass is 10.2. The molecule has 0 aromatic carbocycles. The Morgan fingerprint density at radius 2 is 2.13 bits per heavy atom. The van der Waals surface area contributed by atoms with Crippen molar-refractivity contribution in [2.45, 2.75) is 13.0 Å². The van der Waals surface area contributed by atoms with Crippen molar-refractivity contribution < 1.29 is 14.6 Å². The topological polar surface area (TPSA) is 116 Å². The smallest absolute Gasteiger partial charge is 0.344 e. The van der Waals surface area contributed by atoms with Gasteiger partial charge in [-0.3, -0.25) is 4.98 Å². The van der Waals surface area contributed by atoms with E-state index in [0.29, 0.717) is 11.5 Å². The summed E-state index contributed by atoms with van der Waals surface area (Å²) in [5.41, 5.74) is 1.36. The molecule has 3 aromatic heterocycles. The molecular formula is C14H12N6O3. The van der Waals surface area contributed by atoms with Crippen molar-refractivity contribution in [3.8, 4) is 23.0 Å². The molecule has 0 saturated heterocycles. The highest BCUT2D eigenvalue weighted by molar-refractivity contribution is 5.72. The number of carboxylic acid groups (broad SMARTS) is 1. The number of rotatable bonds is 5. The molecular weight excluding hydrogens is 300 g/mol. The van der Waals surface area contributed by atoms with Crippen LogP contribution < -0.4 is 4.74 Å². The van der Waals surface area contributed by atoms with Gasteiger partial charge in [0.15, 0.2) is 11.9 Å². The van der Waals surface area contributed by atoms with Crippen molar-refractivity contribution in [2.24, 2.45) is 0 Å². The van der Waals surface area contributed by atoms with E-state index in [1.54, 1.807) is 30.7 Å². The summed E-state index contributed by atoms with van der Waals surface area (Å²) in [5.74, 6) is -0.444. The normalized spacial score (nSPS) is 11.9. The van der Waals surface area contributed by atoms with E-state index < -0.39 is 12.1 Å². The lowest BCUT2D eigenvalue weighted by molar-refractivity contribution is -0.144. The Kier molecular flexibility index (Phi) is 3.91. The van der Waals surface area contributed by atoms with Gasteiger partial charge in [-0.05, 0) is 13.0 Å². The van der Waals surface area contributed by atoms with Crippen molar-refractivity contribution in [2.75, 3.05) is 0 Å². The van der Waals surface area contributed by atoms with Crippen molar-refractivity contribution in [3.63, 3.8) is 0 Å². The van der Waals surface area contributed by atoms with Crippen LogP contribution in [0.25, 0.3) is 17.1 Å². The molecule has 0 saturated carbocycles. The van der Waals surface area contributed by atoms with Gasteiger partial charge in [0.05, 0.1) is 24.3 Å². The highest BCUT2D eigenvalue weighted by Crippen LogP contribution is 2.25. The number of aromatic nitrogens is 6. The number of ether oxygens (including phenoxy) is 1. The minimum Gasteiger partial charge on any atom is -0.479 e. The van der Waals surface area contributed by atoms with E-state index in [1.807, 2.05) is 0 Å². The first kappa shape index (κ1) is 14.6. The summed E-state index contributed by atoms with van der Waals surface area (Å²) in [5, 5.41) is 20.8. The van der Waals surface area contributed by atoms with Gasteiger partial charge in [-0.1, -0.05) is 0 Å². The average molecular weight is 312 g/mol. The lowest BCUT2D eigenvalue weighted by Gasteiger charge is -2.06. The molecule has 0 unspecified atom stereocenters. The number of hydrogen-bond donors (Lipinski definition) is 1. The van der Waals surface area contributed by atoms with Crippen molar-refractivity contribution in [3.05, 3.63) is 43.1 Å². The third-order valence-electron chi connectivity index (χ3n) is 2.98. The molecule has 0 spiro atoms. The second-order valence-corrected chi connectivity index (χ2v) is 4.57. The summed E-state index contributed by atoms with van der Waals surface area (Å²) in [4.78, 5) is 19.1. The maximum absolute atomic E-state index is 10.9. The van der Waals surface area contributed by atoms with Crippen LogP contribution in [-0.4, -0.2) is 47.1 Å². The van der Waals surface area contributed by atoms with Crippen LogP contribution in [0.2, 0.25) is 0 Å². The fourth-order valence-electron chi connectivity index (χ4n) is 1.87. The zero-order chi connectivity index (χ0) is 16.2. The van der Waals surface area contributed by atoms with Gasteiger partial charge in [-0.25, -0.2) is 14.5 Å². The average Bonchev–Trinajstić information content (AvgIpc) is 3.00. The zero-order valence-electron chi connectivity index (χ0n) is 12.1. The maximum Gasteiger partial charge on any atom is 0.344 e. The Morgan fingerprint density at radius 1 is 1.26 bits per heavy atom. The van der Waals surface area contributed by atoms with Gasteiger partial charge in [-0.2, -0.15) is 10.2 Å². The van der Waals surface area contributed by atoms with E-state index in [9.17, 15) is 4.79 Å². The Bertz CT molecular complexity index is 749. The number of aliphatic carboxylic acids is 1. The van der Waals surface area contributed by atoms with Gasteiger partial charge in [-0.15, -0.1) is 5.10 Å². The quantitative estimate of drug-likeness (QED) is 0.741. The molecule has 9 nitrogen and oxygen atoms in total. The first-order chi connectivity index (χ1) is 11.1. The van der Waals surface area contributed by atoms with Crippen LogP contribution in [0.4, 0.5) is 0 Å². The van der Waals surface area contributed by atoms with Crippen molar-refractivity contribution >= 4 is 5.97 Å². The minimum atomic E-state index is -1.08. The molecule has 0 aliphatic rings. The van der Waals surface area contributed by atoms with Crippen LogP contribution in [0.5, 0.6) is 5.88 Å². The molecule has 23 heavy (non-hydrogen) atoms. The van der Waals surface area contributed by atoms with Crippen LogP contribution in [0.3, 0.4) is 0 Å². The zero-order valence-corrected chi connectivity index (χ0v) is 12.1. The molecule has 116 valence electrons. The summed E-state index contributed by atoms with van der Waals surface area (Å²) in [6.45, 7) is 1.43. The number of hydrogen-bond acceptors (Lipinski definition) is 7. The Balaban J connectivity index is 2.06. The van der Waals surface area contributed by atoms with Crippen LogP contribution >= 0.6 is 0 Å². The van der Waals surface area contributed by atoms with E-state index in [-0.39, 0.29) is 5.88 Å². The Hall–Kier alpha value is -3.36. The Morgan fingerprint density at radius 3 is 2.78 bits per heavy atom. The maximum atomic E-state index is 10.9. The SMILES string of the molecule is C[C@@H](Oc1cc(-c2ccnnc2)n(-c2cnccn2)n1)C(=O)O. The van der Waals surface area contributed by atoms with Crippen LogP contribution in [0.15, 0.2) is 43.1 Å². The summed E-state index contributed by atoms with van der Waals surface area (Å²) in [6, 6.07) is 3.37. The van der Waals surface area contributed by atoms with E-state index in [4.69, 9.17) is 9.84 Å². The molecule has 0 aliphatic carbocycles.